The van der Waals surface area contributed by atoms with Crippen LogP contribution < -0.4 is 0 Å². The smallest absolute Gasteiger partial charge is 0.328 e. The molecule has 0 fully saturated rings. The van der Waals surface area contributed by atoms with E-state index in [1.807, 2.05) is 6.92 Å². The molecule has 0 aromatic heterocycles. The van der Waals surface area contributed by atoms with Crippen molar-refractivity contribution in [3.8, 4) is 0 Å². The number of nitrogens with zero attached hydrogens (tertiary/aromatic N) is 1. The second-order valence-corrected chi connectivity index (χ2v) is 2.72. The van der Waals surface area contributed by atoms with E-state index in [4.69, 9.17) is 10.2 Å². The Morgan fingerprint density at radius 1 is 1.29 bits per heavy atom. The maximum atomic E-state index is 11.3. The fourth-order valence-corrected chi connectivity index (χ4v) is 0.971. The van der Waals surface area contributed by atoms with Gasteiger partial charge in [-0.1, -0.05) is 6.92 Å². The minimum Gasteiger partial charge on any atom is -0.478 e. The number of rotatable bonds is 6. The lowest BCUT2D eigenvalue weighted by molar-refractivity contribution is -0.132. The summed E-state index contributed by atoms with van der Waals surface area (Å²) in [7, 11) is 0. The van der Waals surface area contributed by atoms with E-state index >= 15 is 0 Å². The van der Waals surface area contributed by atoms with Crippen LogP contribution in [0.25, 0.3) is 0 Å². The van der Waals surface area contributed by atoms with Gasteiger partial charge in [-0.15, -0.1) is 0 Å². The number of carboxylic acids is 1. The average Bonchev–Trinajstić information content (AvgIpc) is 2.14. The largest absolute Gasteiger partial charge is 0.478 e. The first-order valence-electron chi connectivity index (χ1n) is 4.42. The molecule has 0 aliphatic heterocycles. The van der Waals surface area contributed by atoms with Crippen molar-refractivity contribution >= 4 is 11.9 Å². The lowest BCUT2D eigenvalue weighted by Crippen LogP contribution is -2.32. The van der Waals surface area contributed by atoms with Crippen molar-refractivity contribution in [2.75, 3.05) is 19.7 Å². The standard InChI is InChI=1S/C9H15NO4/c1-2-5-10(6-7-11)8(12)3-4-9(13)14/h3-4,11H,2,5-7H2,1H3,(H,13,14)/b4-3+. The van der Waals surface area contributed by atoms with Gasteiger partial charge in [-0.3, -0.25) is 4.79 Å². The van der Waals surface area contributed by atoms with E-state index in [-0.39, 0.29) is 19.1 Å². The van der Waals surface area contributed by atoms with Gasteiger partial charge in [0, 0.05) is 25.2 Å². The third-order valence-electron chi connectivity index (χ3n) is 1.54. The Labute approximate surface area is 82.6 Å². The molecule has 5 heteroatoms. The molecule has 0 aromatic carbocycles. The van der Waals surface area contributed by atoms with E-state index in [1.54, 1.807) is 0 Å². The highest BCUT2D eigenvalue weighted by molar-refractivity contribution is 5.93. The van der Waals surface area contributed by atoms with Crippen LogP contribution in [0.5, 0.6) is 0 Å². The number of carbonyl (C=O) groups is 2. The molecule has 0 saturated carbocycles. The minimum atomic E-state index is -1.15. The Balaban J connectivity index is 4.20. The molecule has 2 N–H and O–H groups in total. The number of amides is 1. The monoisotopic (exact) mass is 201 g/mol. The topological polar surface area (TPSA) is 77.8 Å². The molecular formula is C9H15NO4. The molecule has 0 atom stereocenters. The van der Waals surface area contributed by atoms with Gasteiger partial charge in [-0.25, -0.2) is 4.79 Å². The van der Waals surface area contributed by atoms with Crippen LogP contribution >= 0.6 is 0 Å². The zero-order valence-corrected chi connectivity index (χ0v) is 8.14. The first-order chi connectivity index (χ1) is 6.61. The van der Waals surface area contributed by atoms with Crippen LogP contribution in [0.1, 0.15) is 13.3 Å². The van der Waals surface area contributed by atoms with Crippen LogP contribution in [0.2, 0.25) is 0 Å². The van der Waals surface area contributed by atoms with Crippen molar-refractivity contribution in [1.29, 1.82) is 0 Å². The summed E-state index contributed by atoms with van der Waals surface area (Å²) in [6.45, 7) is 2.53. The Kier molecular flexibility index (Phi) is 6.39. The fraction of sp³-hybridized carbons (Fsp3) is 0.556. The highest BCUT2D eigenvalue weighted by atomic mass is 16.4. The SMILES string of the molecule is CCCN(CCO)C(=O)/C=C/C(=O)O. The summed E-state index contributed by atoms with van der Waals surface area (Å²) >= 11 is 0. The number of carboxylic acid groups (broad SMARTS) is 1. The zero-order chi connectivity index (χ0) is 11.0. The van der Waals surface area contributed by atoms with Crippen LogP contribution in [-0.2, 0) is 9.59 Å². The molecule has 0 bridgehead atoms. The summed E-state index contributed by atoms with van der Waals surface area (Å²) in [6, 6.07) is 0. The molecule has 0 aliphatic carbocycles. The normalized spacial score (nSPS) is 10.4. The van der Waals surface area contributed by atoms with Gasteiger partial charge >= 0.3 is 5.97 Å². The number of carbonyl (C=O) groups excluding carboxylic acids is 1. The van der Waals surface area contributed by atoms with Gasteiger partial charge < -0.3 is 15.1 Å². The molecule has 0 saturated heterocycles. The molecule has 0 unspecified atom stereocenters. The van der Waals surface area contributed by atoms with Gasteiger partial charge in [-0.2, -0.15) is 0 Å². The summed E-state index contributed by atoms with van der Waals surface area (Å²) in [5, 5.41) is 17.0. The summed E-state index contributed by atoms with van der Waals surface area (Å²) < 4.78 is 0. The van der Waals surface area contributed by atoms with Gasteiger partial charge in [0.1, 0.15) is 0 Å². The van der Waals surface area contributed by atoms with Gasteiger partial charge in [0.2, 0.25) is 5.91 Å². The number of aliphatic hydroxyl groups excluding tert-OH is 1. The molecule has 5 nitrogen and oxygen atoms in total. The molecular weight excluding hydrogens is 186 g/mol. The molecule has 1 amide bonds. The predicted octanol–water partition coefficient (Wildman–Crippen LogP) is -0.142. The van der Waals surface area contributed by atoms with E-state index in [9.17, 15) is 9.59 Å². The van der Waals surface area contributed by atoms with E-state index in [2.05, 4.69) is 0 Å². The minimum absolute atomic E-state index is 0.118. The van der Waals surface area contributed by atoms with Gasteiger partial charge in [0.15, 0.2) is 0 Å². The van der Waals surface area contributed by atoms with Crippen molar-refractivity contribution in [3.05, 3.63) is 12.2 Å². The van der Waals surface area contributed by atoms with Crippen LogP contribution in [0.4, 0.5) is 0 Å². The third kappa shape index (κ3) is 5.31. The van der Waals surface area contributed by atoms with Crippen LogP contribution in [0.15, 0.2) is 12.2 Å². The lowest BCUT2D eigenvalue weighted by atomic mass is 10.3. The van der Waals surface area contributed by atoms with E-state index in [0.717, 1.165) is 18.6 Å². The maximum Gasteiger partial charge on any atom is 0.328 e. The Morgan fingerprint density at radius 2 is 1.93 bits per heavy atom. The van der Waals surface area contributed by atoms with Crippen LogP contribution in [0.3, 0.4) is 0 Å². The number of hydrogen-bond acceptors (Lipinski definition) is 3. The third-order valence-corrected chi connectivity index (χ3v) is 1.54. The number of aliphatic carboxylic acids is 1. The molecule has 80 valence electrons. The summed E-state index contributed by atoms with van der Waals surface area (Å²) in [5.74, 6) is -1.54. The summed E-state index contributed by atoms with van der Waals surface area (Å²) in [5.41, 5.74) is 0. The van der Waals surface area contributed by atoms with Crippen LogP contribution in [-0.4, -0.2) is 46.7 Å². The summed E-state index contributed by atoms with van der Waals surface area (Å²) in [6.07, 6.45) is 2.56. The second-order valence-electron chi connectivity index (χ2n) is 2.72. The zero-order valence-electron chi connectivity index (χ0n) is 8.14. The van der Waals surface area contributed by atoms with E-state index < -0.39 is 5.97 Å². The van der Waals surface area contributed by atoms with Crippen molar-refractivity contribution in [2.45, 2.75) is 13.3 Å². The van der Waals surface area contributed by atoms with Crippen molar-refractivity contribution in [2.24, 2.45) is 0 Å². The molecule has 14 heavy (non-hydrogen) atoms. The number of hydrogen-bond donors (Lipinski definition) is 2. The first kappa shape index (κ1) is 12.6. The highest BCUT2D eigenvalue weighted by Gasteiger charge is 2.08. The van der Waals surface area contributed by atoms with Crippen molar-refractivity contribution < 1.29 is 19.8 Å². The molecule has 0 rings (SSSR count). The summed E-state index contributed by atoms with van der Waals surface area (Å²) in [4.78, 5) is 22.8. The highest BCUT2D eigenvalue weighted by Crippen LogP contribution is 1.93. The lowest BCUT2D eigenvalue weighted by Gasteiger charge is -2.18. The Hall–Kier alpha value is -1.36. The molecule has 0 aromatic rings. The van der Waals surface area contributed by atoms with E-state index in [0.29, 0.717) is 6.54 Å². The molecule has 0 radical (unpaired) electrons. The van der Waals surface area contributed by atoms with Crippen LogP contribution in [0, 0.1) is 0 Å². The van der Waals surface area contributed by atoms with Crippen molar-refractivity contribution in [1.82, 2.24) is 4.90 Å². The molecule has 0 spiro atoms. The number of aliphatic hydroxyl groups is 1. The Morgan fingerprint density at radius 3 is 2.36 bits per heavy atom. The van der Waals surface area contributed by atoms with Gasteiger partial charge in [0.05, 0.1) is 6.61 Å². The maximum absolute atomic E-state index is 11.3. The Bertz CT molecular complexity index is 219. The first-order valence-corrected chi connectivity index (χ1v) is 4.42. The quantitative estimate of drug-likeness (QED) is 0.586. The van der Waals surface area contributed by atoms with Gasteiger partial charge in [-0.05, 0) is 6.42 Å². The molecule has 0 aliphatic rings. The second kappa shape index (κ2) is 7.08. The van der Waals surface area contributed by atoms with Gasteiger partial charge in [0.25, 0.3) is 0 Å². The van der Waals surface area contributed by atoms with Crippen molar-refractivity contribution in [3.63, 3.8) is 0 Å². The van der Waals surface area contributed by atoms with E-state index in [1.165, 1.54) is 4.90 Å². The fourth-order valence-electron chi connectivity index (χ4n) is 0.971. The average molecular weight is 201 g/mol. The molecule has 0 heterocycles. The predicted molar refractivity (Wildman–Crippen MR) is 50.7 cm³/mol.